The van der Waals surface area contributed by atoms with E-state index in [1.807, 2.05) is 24.3 Å². The van der Waals surface area contributed by atoms with E-state index in [-0.39, 0.29) is 18.1 Å². The SMILES string of the molecule is O=C(OCCCn1c(=O)[nH]c2ccccc21)c1ccco1. The Morgan fingerprint density at radius 1 is 1.24 bits per heavy atom. The number of H-pyrrole nitrogens is 1. The van der Waals surface area contributed by atoms with E-state index in [1.165, 1.54) is 6.26 Å². The summed E-state index contributed by atoms with van der Waals surface area (Å²) in [6, 6.07) is 10.7. The van der Waals surface area contributed by atoms with Crippen LogP contribution in [0.2, 0.25) is 0 Å². The summed E-state index contributed by atoms with van der Waals surface area (Å²) >= 11 is 0. The number of aromatic nitrogens is 2. The van der Waals surface area contributed by atoms with E-state index < -0.39 is 5.97 Å². The number of rotatable bonds is 5. The second-order valence-corrected chi connectivity index (χ2v) is 4.57. The van der Waals surface area contributed by atoms with Crippen LogP contribution in [0.4, 0.5) is 0 Å². The maximum Gasteiger partial charge on any atom is 0.374 e. The molecule has 0 saturated carbocycles. The molecule has 1 aromatic carbocycles. The van der Waals surface area contributed by atoms with Crippen LogP contribution in [0.1, 0.15) is 17.0 Å². The predicted octanol–water partition coefficient (Wildman–Crippen LogP) is 2.17. The van der Waals surface area contributed by atoms with Crippen LogP contribution < -0.4 is 5.69 Å². The number of para-hydroxylation sites is 2. The minimum absolute atomic E-state index is 0.159. The number of benzene rings is 1. The summed E-state index contributed by atoms with van der Waals surface area (Å²) in [5, 5.41) is 0. The zero-order chi connectivity index (χ0) is 14.7. The number of aromatic amines is 1. The number of furan rings is 1. The van der Waals surface area contributed by atoms with Gasteiger partial charge >= 0.3 is 11.7 Å². The van der Waals surface area contributed by atoms with Gasteiger partial charge in [-0.1, -0.05) is 12.1 Å². The molecule has 3 rings (SSSR count). The molecular formula is C15H14N2O4. The van der Waals surface area contributed by atoms with Crippen LogP contribution in [0.3, 0.4) is 0 Å². The predicted molar refractivity (Wildman–Crippen MR) is 76.2 cm³/mol. The van der Waals surface area contributed by atoms with Crippen molar-refractivity contribution in [3.8, 4) is 0 Å². The van der Waals surface area contributed by atoms with Gasteiger partial charge < -0.3 is 14.1 Å². The number of aryl methyl sites for hydroxylation is 1. The zero-order valence-electron chi connectivity index (χ0n) is 11.2. The minimum atomic E-state index is -0.494. The Bertz CT molecular complexity index is 799. The molecule has 0 saturated heterocycles. The summed E-state index contributed by atoms with van der Waals surface area (Å²) < 4.78 is 11.7. The van der Waals surface area contributed by atoms with Crippen LogP contribution in [0.15, 0.2) is 51.9 Å². The number of carbonyl (C=O) groups excluding carboxylic acids is 1. The Morgan fingerprint density at radius 3 is 2.90 bits per heavy atom. The highest BCUT2D eigenvalue weighted by Crippen LogP contribution is 2.09. The molecule has 6 nitrogen and oxygen atoms in total. The van der Waals surface area contributed by atoms with E-state index in [1.54, 1.807) is 16.7 Å². The standard InChI is InChI=1S/C15H14N2O4/c18-14(13-7-3-9-20-13)21-10-4-8-17-12-6-2-1-5-11(12)16-15(17)19/h1-3,5-7,9H,4,8,10H2,(H,16,19). The molecule has 0 fully saturated rings. The van der Waals surface area contributed by atoms with Gasteiger partial charge in [-0.25, -0.2) is 9.59 Å². The largest absolute Gasteiger partial charge is 0.460 e. The second kappa shape index (κ2) is 5.70. The molecule has 0 aliphatic carbocycles. The van der Waals surface area contributed by atoms with Crippen molar-refractivity contribution in [1.82, 2.24) is 9.55 Å². The van der Waals surface area contributed by atoms with E-state index in [2.05, 4.69) is 4.98 Å². The van der Waals surface area contributed by atoms with E-state index >= 15 is 0 Å². The number of nitrogens with one attached hydrogen (secondary N) is 1. The fraction of sp³-hybridized carbons (Fsp3) is 0.200. The van der Waals surface area contributed by atoms with Crippen molar-refractivity contribution >= 4 is 17.0 Å². The number of fused-ring (bicyclic) bond motifs is 1. The molecule has 21 heavy (non-hydrogen) atoms. The van der Waals surface area contributed by atoms with Crippen molar-refractivity contribution in [1.29, 1.82) is 0 Å². The van der Waals surface area contributed by atoms with Crippen molar-refractivity contribution < 1.29 is 13.9 Å². The first-order chi connectivity index (χ1) is 10.3. The van der Waals surface area contributed by atoms with Gasteiger partial charge in [-0.05, 0) is 30.7 Å². The molecule has 108 valence electrons. The third-order valence-corrected chi connectivity index (χ3v) is 3.16. The molecule has 0 aliphatic rings. The normalized spacial score (nSPS) is 10.9. The third-order valence-electron chi connectivity index (χ3n) is 3.16. The monoisotopic (exact) mass is 286 g/mol. The molecule has 0 bridgehead atoms. The third kappa shape index (κ3) is 2.74. The van der Waals surface area contributed by atoms with Crippen LogP contribution in [0.25, 0.3) is 11.0 Å². The Balaban J connectivity index is 1.59. The van der Waals surface area contributed by atoms with Gasteiger partial charge in [0.05, 0.1) is 23.9 Å². The number of imidazole rings is 1. The van der Waals surface area contributed by atoms with Gasteiger partial charge in [0.25, 0.3) is 0 Å². The van der Waals surface area contributed by atoms with Crippen molar-refractivity contribution in [3.63, 3.8) is 0 Å². The Morgan fingerprint density at radius 2 is 2.10 bits per heavy atom. The molecule has 6 heteroatoms. The Kier molecular flexibility index (Phi) is 3.59. The molecule has 2 aromatic heterocycles. The van der Waals surface area contributed by atoms with Gasteiger partial charge in [-0.2, -0.15) is 0 Å². The lowest BCUT2D eigenvalue weighted by molar-refractivity contribution is 0.0460. The smallest absolute Gasteiger partial charge is 0.374 e. The lowest BCUT2D eigenvalue weighted by atomic mass is 10.3. The number of carbonyl (C=O) groups is 1. The fourth-order valence-corrected chi connectivity index (χ4v) is 2.18. The number of hydrogen-bond acceptors (Lipinski definition) is 4. The van der Waals surface area contributed by atoms with E-state index in [0.717, 1.165) is 11.0 Å². The summed E-state index contributed by atoms with van der Waals surface area (Å²) in [6.45, 7) is 0.708. The van der Waals surface area contributed by atoms with Gasteiger partial charge in [-0.15, -0.1) is 0 Å². The topological polar surface area (TPSA) is 77.2 Å². The lowest BCUT2D eigenvalue weighted by Gasteiger charge is -2.04. The minimum Gasteiger partial charge on any atom is -0.460 e. The summed E-state index contributed by atoms with van der Waals surface area (Å²) in [4.78, 5) is 26.2. The van der Waals surface area contributed by atoms with Crippen LogP contribution in [-0.4, -0.2) is 22.1 Å². The first-order valence-corrected chi connectivity index (χ1v) is 6.64. The summed E-state index contributed by atoms with van der Waals surface area (Å²) in [6.07, 6.45) is 1.97. The van der Waals surface area contributed by atoms with E-state index in [0.29, 0.717) is 13.0 Å². The first kappa shape index (κ1) is 13.2. The fourth-order valence-electron chi connectivity index (χ4n) is 2.18. The summed E-state index contributed by atoms with van der Waals surface area (Å²) in [5.74, 6) is -0.314. The molecule has 0 amide bonds. The quantitative estimate of drug-likeness (QED) is 0.576. The molecular weight excluding hydrogens is 272 g/mol. The summed E-state index contributed by atoms with van der Waals surface area (Å²) in [5.41, 5.74) is 1.49. The van der Waals surface area contributed by atoms with Crippen molar-refractivity contribution in [3.05, 3.63) is 58.9 Å². The number of nitrogens with zero attached hydrogens (tertiary/aromatic N) is 1. The molecule has 0 atom stereocenters. The second-order valence-electron chi connectivity index (χ2n) is 4.57. The van der Waals surface area contributed by atoms with Crippen molar-refractivity contribution in [2.45, 2.75) is 13.0 Å². The molecule has 3 aromatic rings. The highest BCUT2D eigenvalue weighted by molar-refractivity contribution is 5.86. The van der Waals surface area contributed by atoms with Gasteiger partial charge in [0.1, 0.15) is 0 Å². The molecule has 0 unspecified atom stereocenters. The highest BCUT2D eigenvalue weighted by Gasteiger charge is 2.10. The maximum absolute atomic E-state index is 11.8. The lowest BCUT2D eigenvalue weighted by Crippen LogP contribution is -2.18. The van der Waals surface area contributed by atoms with Crippen LogP contribution in [0, 0.1) is 0 Å². The van der Waals surface area contributed by atoms with Gasteiger partial charge in [-0.3, -0.25) is 4.57 Å². The van der Waals surface area contributed by atoms with Gasteiger partial charge in [0, 0.05) is 6.54 Å². The Labute approximate surface area is 119 Å². The van der Waals surface area contributed by atoms with Crippen molar-refractivity contribution in [2.75, 3.05) is 6.61 Å². The highest BCUT2D eigenvalue weighted by atomic mass is 16.5. The van der Waals surface area contributed by atoms with Crippen molar-refractivity contribution in [2.24, 2.45) is 0 Å². The molecule has 0 radical (unpaired) electrons. The van der Waals surface area contributed by atoms with Crippen LogP contribution in [-0.2, 0) is 11.3 Å². The van der Waals surface area contributed by atoms with Crippen LogP contribution >= 0.6 is 0 Å². The average Bonchev–Trinajstić information content (AvgIpc) is 3.11. The molecule has 2 heterocycles. The van der Waals surface area contributed by atoms with Gasteiger partial charge in [0.2, 0.25) is 5.76 Å². The maximum atomic E-state index is 11.8. The molecule has 1 N–H and O–H groups in total. The molecule has 0 spiro atoms. The van der Waals surface area contributed by atoms with Gasteiger partial charge in [0.15, 0.2) is 0 Å². The number of ether oxygens (including phenoxy) is 1. The average molecular weight is 286 g/mol. The van der Waals surface area contributed by atoms with E-state index in [9.17, 15) is 9.59 Å². The molecule has 0 aliphatic heterocycles. The number of hydrogen-bond donors (Lipinski definition) is 1. The van der Waals surface area contributed by atoms with E-state index in [4.69, 9.17) is 9.15 Å². The zero-order valence-corrected chi connectivity index (χ0v) is 11.2. The first-order valence-electron chi connectivity index (χ1n) is 6.64. The Hall–Kier alpha value is -2.76. The summed E-state index contributed by atoms with van der Waals surface area (Å²) in [7, 11) is 0. The van der Waals surface area contributed by atoms with Crippen LogP contribution in [0.5, 0.6) is 0 Å². The number of esters is 1.